The van der Waals surface area contributed by atoms with Crippen LogP contribution in [0.5, 0.6) is 0 Å². The van der Waals surface area contributed by atoms with Gasteiger partial charge in [-0.25, -0.2) is 0 Å². The molecule has 2 atom stereocenters. The highest BCUT2D eigenvalue weighted by atomic mass is 16.5. The molecular weight excluding hydrogens is 398 g/mol. The van der Waals surface area contributed by atoms with Crippen molar-refractivity contribution in [1.82, 2.24) is 10.6 Å². The molecule has 0 spiro atoms. The highest BCUT2D eigenvalue weighted by molar-refractivity contribution is 6.04. The Morgan fingerprint density at radius 1 is 1.16 bits per heavy atom. The monoisotopic (exact) mass is 427 g/mol. The van der Waals surface area contributed by atoms with Crippen LogP contribution in [-0.4, -0.2) is 37.0 Å². The van der Waals surface area contributed by atoms with Crippen LogP contribution in [0, 0.1) is 5.92 Å². The van der Waals surface area contributed by atoms with Gasteiger partial charge in [-0.1, -0.05) is 25.0 Å². The first-order valence-corrected chi connectivity index (χ1v) is 10.5. The molecule has 0 aliphatic heterocycles. The number of benzene rings is 1. The SMILES string of the molecule is COC(=O)[C@H]1CCCC[C@@]1(C)NCC(=O)Nc1ccccc1C(=O)NCc1ccco1. The number of carbonyl (C=O) groups is 3. The Kier molecular flexibility index (Phi) is 7.46. The zero-order valence-electron chi connectivity index (χ0n) is 17.9. The molecule has 3 N–H and O–H groups in total. The van der Waals surface area contributed by atoms with E-state index in [0.29, 0.717) is 17.0 Å². The summed E-state index contributed by atoms with van der Waals surface area (Å²) in [6, 6.07) is 10.3. The summed E-state index contributed by atoms with van der Waals surface area (Å²) in [7, 11) is 1.39. The van der Waals surface area contributed by atoms with Crippen LogP contribution in [-0.2, 0) is 20.9 Å². The molecule has 3 rings (SSSR count). The maximum atomic E-state index is 12.6. The van der Waals surface area contributed by atoms with Gasteiger partial charge in [0.05, 0.1) is 43.6 Å². The van der Waals surface area contributed by atoms with Gasteiger partial charge in [-0.2, -0.15) is 0 Å². The number of amides is 2. The molecule has 1 aliphatic rings. The van der Waals surface area contributed by atoms with Crippen LogP contribution in [0.3, 0.4) is 0 Å². The van der Waals surface area contributed by atoms with Gasteiger partial charge < -0.3 is 25.1 Å². The number of anilines is 1. The van der Waals surface area contributed by atoms with Crippen molar-refractivity contribution in [3.8, 4) is 0 Å². The van der Waals surface area contributed by atoms with Crippen LogP contribution in [0.1, 0.15) is 48.7 Å². The van der Waals surface area contributed by atoms with Crippen LogP contribution in [0.2, 0.25) is 0 Å². The molecule has 166 valence electrons. The lowest BCUT2D eigenvalue weighted by atomic mass is 9.74. The number of nitrogens with one attached hydrogen (secondary N) is 3. The van der Waals surface area contributed by atoms with Gasteiger partial charge in [-0.3, -0.25) is 14.4 Å². The second-order valence-electron chi connectivity index (χ2n) is 7.95. The van der Waals surface area contributed by atoms with Gasteiger partial charge in [0, 0.05) is 5.54 Å². The number of hydrogen-bond donors (Lipinski definition) is 3. The van der Waals surface area contributed by atoms with Gasteiger partial charge in [0.25, 0.3) is 5.91 Å². The average molecular weight is 428 g/mol. The normalized spacial score (nSPS) is 20.6. The van der Waals surface area contributed by atoms with Gasteiger partial charge in [0.15, 0.2) is 0 Å². The third kappa shape index (κ3) is 5.73. The number of para-hydroxylation sites is 1. The van der Waals surface area contributed by atoms with Crippen molar-refractivity contribution in [2.24, 2.45) is 5.92 Å². The minimum absolute atomic E-state index is 0.0202. The quantitative estimate of drug-likeness (QED) is 0.559. The number of rotatable bonds is 8. The summed E-state index contributed by atoms with van der Waals surface area (Å²) in [5.74, 6) is -0.515. The summed E-state index contributed by atoms with van der Waals surface area (Å²) in [6.07, 6.45) is 5.00. The van der Waals surface area contributed by atoms with Crippen molar-refractivity contribution in [3.63, 3.8) is 0 Å². The zero-order valence-corrected chi connectivity index (χ0v) is 17.9. The molecule has 2 aromatic rings. The van der Waals surface area contributed by atoms with E-state index >= 15 is 0 Å². The molecule has 0 saturated heterocycles. The van der Waals surface area contributed by atoms with E-state index in [1.54, 1.807) is 42.7 Å². The van der Waals surface area contributed by atoms with Gasteiger partial charge in [0.2, 0.25) is 5.91 Å². The predicted molar refractivity (Wildman–Crippen MR) is 115 cm³/mol. The molecule has 8 heteroatoms. The Hall–Kier alpha value is -3.13. The van der Waals surface area contributed by atoms with Gasteiger partial charge in [-0.15, -0.1) is 0 Å². The summed E-state index contributed by atoms with van der Waals surface area (Å²) in [5, 5.41) is 8.83. The van der Waals surface area contributed by atoms with Gasteiger partial charge >= 0.3 is 5.97 Å². The molecule has 1 saturated carbocycles. The Morgan fingerprint density at radius 2 is 1.97 bits per heavy atom. The number of carbonyl (C=O) groups excluding carboxylic acids is 3. The molecule has 1 aromatic carbocycles. The van der Waals surface area contributed by atoms with E-state index in [0.717, 1.165) is 25.7 Å². The number of esters is 1. The fraction of sp³-hybridized carbons (Fsp3) is 0.435. The second-order valence-corrected chi connectivity index (χ2v) is 7.95. The topological polar surface area (TPSA) is 110 Å². The fourth-order valence-corrected chi connectivity index (χ4v) is 4.01. The smallest absolute Gasteiger partial charge is 0.310 e. The number of methoxy groups -OCH3 is 1. The molecule has 1 aromatic heterocycles. The van der Waals surface area contributed by atoms with Crippen molar-refractivity contribution in [1.29, 1.82) is 0 Å². The minimum atomic E-state index is -0.511. The van der Waals surface area contributed by atoms with Gasteiger partial charge in [-0.05, 0) is 44.0 Å². The molecule has 31 heavy (non-hydrogen) atoms. The third-order valence-electron chi connectivity index (χ3n) is 5.80. The van der Waals surface area contributed by atoms with E-state index in [9.17, 15) is 14.4 Å². The van der Waals surface area contributed by atoms with Crippen LogP contribution < -0.4 is 16.0 Å². The molecule has 1 fully saturated rings. The van der Waals surface area contributed by atoms with Crippen molar-refractivity contribution < 1.29 is 23.5 Å². The lowest BCUT2D eigenvalue weighted by Gasteiger charge is -2.40. The van der Waals surface area contributed by atoms with Crippen molar-refractivity contribution in [2.45, 2.75) is 44.7 Å². The molecule has 1 aliphatic carbocycles. The third-order valence-corrected chi connectivity index (χ3v) is 5.80. The first-order valence-electron chi connectivity index (χ1n) is 10.5. The van der Waals surface area contributed by atoms with E-state index in [1.807, 2.05) is 6.92 Å². The average Bonchev–Trinajstić information content (AvgIpc) is 3.30. The summed E-state index contributed by atoms with van der Waals surface area (Å²) in [6.45, 7) is 2.23. The maximum Gasteiger partial charge on any atom is 0.310 e. The van der Waals surface area contributed by atoms with E-state index < -0.39 is 5.54 Å². The standard InChI is InChI=1S/C23H29N3O5/c1-23(12-6-5-10-18(23)22(29)30-2)25-15-20(27)26-19-11-4-3-9-17(19)21(28)24-14-16-8-7-13-31-16/h3-4,7-9,11,13,18,25H,5-6,10,12,14-15H2,1-2H3,(H,24,28)(H,26,27)/t18-,23-/m1/s1. The van der Waals surface area contributed by atoms with E-state index in [2.05, 4.69) is 16.0 Å². The van der Waals surface area contributed by atoms with Crippen LogP contribution in [0.4, 0.5) is 5.69 Å². The van der Waals surface area contributed by atoms with Crippen molar-refractivity contribution in [2.75, 3.05) is 19.0 Å². The predicted octanol–water partition coefficient (Wildman–Crippen LogP) is 2.86. The molecule has 0 radical (unpaired) electrons. The van der Waals surface area contributed by atoms with Crippen LogP contribution >= 0.6 is 0 Å². The molecule has 1 heterocycles. The Labute approximate surface area is 181 Å². The Bertz CT molecular complexity index is 912. The molecule has 8 nitrogen and oxygen atoms in total. The Morgan fingerprint density at radius 3 is 2.71 bits per heavy atom. The lowest BCUT2D eigenvalue weighted by Crippen LogP contribution is -2.55. The minimum Gasteiger partial charge on any atom is -0.469 e. The van der Waals surface area contributed by atoms with Crippen molar-refractivity contribution in [3.05, 3.63) is 54.0 Å². The molecular formula is C23H29N3O5. The second kappa shape index (κ2) is 10.3. The van der Waals surface area contributed by atoms with E-state index in [1.165, 1.54) is 7.11 Å². The van der Waals surface area contributed by atoms with E-state index in [4.69, 9.17) is 9.15 Å². The zero-order chi connectivity index (χ0) is 22.3. The molecule has 0 unspecified atom stereocenters. The van der Waals surface area contributed by atoms with Crippen LogP contribution in [0.15, 0.2) is 47.1 Å². The highest BCUT2D eigenvalue weighted by Gasteiger charge is 2.41. The first-order chi connectivity index (χ1) is 14.9. The van der Waals surface area contributed by atoms with Crippen LogP contribution in [0.25, 0.3) is 0 Å². The summed E-state index contributed by atoms with van der Waals surface area (Å²) < 4.78 is 10.2. The highest BCUT2D eigenvalue weighted by Crippen LogP contribution is 2.34. The van der Waals surface area contributed by atoms with E-state index in [-0.39, 0.29) is 36.8 Å². The number of hydrogen-bond acceptors (Lipinski definition) is 6. The first kappa shape index (κ1) is 22.6. The molecule has 0 bridgehead atoms. The number of furan rings is 1. The summed E-state index contributed by atoms with van der Waals surface area (Å²) in [4.78, 5) is 37.4. The van der Waals surface area contributed by atoms with Gasteiger partial charge in [0.1, 0.15) is 5.76 Å². The maximum absolute atomic E-state index is 12.6. The molecule has 2 amide bonds. The lowest BCUT2D eigenvalue weighted by molar-refractivity contribution is -0.150. The summed E-state index contributed by atoms with van der Waals surface area (Å²) >= 11 is 0. The fourth-order valence-electron chi connectivity index (χ4n) is 4.01. The Balaban J connectivity index is 1.60. The van der Waals surface area contributed by atoms with Crippen molar-refractivity contribution >= 4 is 23.5 Å². The largest absolute Gasteiger partial charge is 0.469 e. The number of ether oxygens (including phenoxy) is 1. The summed E-state index contributed by atoms with van der Waals surface area (Å²) in [5.41, 5.74) is 0.270.